The number of nitrogens with zero attached hydrogens (tertiary/aromatic N) is 1. The Morgan fingerprint density at radius 1 is 1.33 bits per heavy atom. The van der Waals surface area contributed by atoms with Crippen LogP contribution in [0.25, 0.3) is 0 Å². The van der Waals surface area contributed by atoms with Crippen molar-refractivity contribution in [3.05, 3.63) is 35.4 Å². The minimum atomic E-state index is -0.0461. The molecule has 1 atom stereocenters. The maximum atomic E-state index is 12.4. The molecule has 3 nitrogen and oxygen atoms in total. The van der Waals surface area contributed by atoms with Crippen LogP contribution in [0.15, 0.2) is 24.3 Å². The molecule has 0 saturated heterocycles. The highest BCUT2D eigenvalue weighted by molar-refractivity contribution is 5.79. The van der Waals surface area contributed by atoms with Crippen molar-refractivity contribution in [1.29, 1.82) is 0 Å². The second-order valence-corrected chi connectivity index (χ2v) is 5.36. The van der Waals surface area contributed by atoms with Gasteiger partial charge in [-0.2, -0.15) is 0 Å². The highest BCUT2D eigenvalue weighted by atomic mass is 16.2. The van der Waals surface area contributed by atoms with Crippen molar-refractivity contribution in [2.45, 2.75) is 26.8 Å². The predicted molar refractivity (Wildman–Crippen MR) is 72.9 cm³/mol. The summed E-state index contributed by atoms with van der Waals surface area (Å²) in [5.41, 5.74) is 8.37. The van der Waals surface area contributed by atoms with Crippen LogP contribution in [-0.4, -0.2) is 23.9 Å². The van der Waals surface area contributed by atoms with Crippen molar-refractivity contribution in [2.24, 2.45) is 17.6 Å². The van der Waals surface area contributed by atoms with E-state index >= 15 is 0 Å². The summed E-state index contributed by atoms with van der Waals surface area (Å²) in [6.07, 6.45) is 0.956. The van der Waals surface area contributed by atoms with Crippen LogP contribution in [-0.2, 0) is 17.8 Å². The van der Waals surface area contributed by atoms with E-state index in [1.807, 2.05) is 11.0 Å². The molecular weight excluding hydrogens is 224 g/mol. The van der Waals surface area contributed by atoms with Gasteiger partial charge in [-0.3, -0.25) is 4.79 Å². The van der Waals surface area contributed by atoms with Crippen LogP contribution in [0.4, 0.5) is 0 Å². The normalized spacial score (nSPS) is 16.6. The van der Waals surface area contributed by atoms with E-state index in [1.54, 1.807) is 0 Å². The third-order valence-corrected chi connectivity index (χ3v) is 3.82. The molecule has 1 unspecified atom stereocenters. The number of carbonyl (C=O) groups is 1. The first-order valence-electron chi connectivity index (χ1n) is 6.69. The quantitative estimate of drug-likeness (QED) is 0.884. The summed E-state index contributed by atoms with van der Waals surface area (Å²) in [6, 6.07) is 8.37. The Morgan fingerprint density at radius 2 is 2.00 bits per heavy atom. The zero-order valence-corrected chi connectivity index (χ0v) is 11.2. The zero-order chi connectivity index (χ0) is 13.1. The van der Waals surface area contributed by atoms with Crippen molar-refractivity contribution >= 4 is 5.91 Å². The zero-order valence-electron chi connectivity index (χ0n) is 11.2. The molecule has 1 aliphatic rings. The summed E-state index contributed by atoms with van der Waals surface area (Å²) in [6.45, 7) is 6.12. The van der Waals surface area contributed by atoms with E-state index in [0.717, 1.165) is 19.5 Å². The molecule has 0 spiro atoms. The maximum absolute atomic E-state index is 12.4. The van der Waals surface area contributed by atoms with E-state index in [-0.39, 0.29) is 11.8 Å². The van der Waals surface area contributed by atoms with Crippen LogP contribution in [0.1, 0.15) is 25.0 Å². The van der Waals surface area contributed by atoms with Gasteiger partial charge in [0.15, 0.2) is 0 Å². The van der Waals surface area contributed by atoms with Crippen LogP contribution in [0.2, 0.25) is 0 Å². The van der Waals surface area contributed by atoms with Gasteiger partial charge in [0.2, 0.25) is 5.91 Å². The van der Waals surface area contributed by atoms with E-state index in [2.05, 4.69) is 32.0 Å². The smallest absolute Gasteiger partial charge is 0.227 e. The number of carbonyl (C=O) groups excluding carboxylic acids is 1. The van der Waals surface area contributed by atoms with Gasteiger partial charge in [0.1, 0.15) is 0 Å². The molecule has 98 valence electrons. The Hall–Kier alpha value is -1.35. The highest BCUT2D eigenvalue weighted by Gasteiger charge is 2.28. The third kappa shape index (κ3) is 2.56. The van der Waals surface area contributed by atoms with Crippen molar-refractivity contribution < 1.29 is 4.79 Å². The molecule has 0 radical (unpaired) electrons. The summed E-state index contributed by atoms with van der Waals surface area (Å²) in [5.74, 6) is 0.469. The number of amides is 1. The fraction of sp³-hybridized carbons (Fsp3) is 0.533. The van der Waals surface area contributed by atoms with Gasteiger partial charge in [0.05, 0.1) is 5.92 Å². The van der Waals surface area contributed by atoms with Gasteiger partial charge in [-0.1, -0.05) is 38.1 Å². The van der Waals surface area contributed by atoms with Crippen LogP contribution in [0, 0.1) is 11.8 Å². The molecule has 0 saturated carbocycles. The number of rotatable bonds is 3. The molecule has 1 aliphatic heterocycles. The van der Waals surface area contributed by atoms with Crippen molar-refractivity contribution in [1.82, 2.24) is 4.90 Å². The van der Waals surface area contributed by atoms with Crippen LogP contribution in [0.5, 0.6) is 0 Å². The topological polar surface area (TPSA) is 46.3 Å². The van der Waals surface area contributed by atoms with Crippen molar-refractivity contribution in [2.75, 3.05) is 13.1 Å². The average Bonchev–Trinajstić information content (AvgIpc) is 2.38. The number of benzene rings is 1. The van der Waals surface area contributed by atoms with Gasteiger partial charge in [-0.15, -0.1) is 0 Å². The van der Waals surface area contributed by atoms with E-state index in [4.69, 9.17) is 5.73 Å². The minimum Gasteiger partial charge on any atom is -0.338 e. The van der Waals surface area contributed by atoms with Crippen LogP contribution >= 0.6 is 0 Å². The predicted octanol–water partition coefficient (Wildman–Crippen LogP) is 1.80. The molecular formula is C15H22N2O. The van der Waals surface area contributed by atoms with Gasteiger partial charge in [-0.25, -0.2) is 0 Å². The first-order chi connectivity index (χ1) is 8.63. The highest BCUT2D eigenvalue weighted by Crippen LogP contribution is 2.21. The summed E-state index contributed by atoms with van der Waals surface area (Å²) < 4.78 is 0. The number of hydrogen-bond acceptors (Lipinski definition) is 2. The third-order valence-electron chi connectivity index (χ3n) is 3.82. The van der Waals surface area contributed by atoms with Gasteiger partial charge in [0.25, 0.3) is 0 Å². The minimum absolute atomic E-state index is 0.0461. The number of nitrogens with two attached hydrogens (primary N) is 1. The summed E-state index contributed by atoms with van der Waals surface area (Å²) in [4.78, 5) is 14.4. The van der Waals surface area contributed by atoms with Gasteiger partial charge < -0.3 is 10.6 Å². The Labute approximate surface area is 109 Å². The fourth-order valence-electron chi connectivity index (χ4n) is 2.58. The Kier molecular flexibility index (Phi) is 4.02. The standard InChI is InChI=1S/C15H22N2O/c1-11(2)14(9-16)15(18)17-8-7-12-5-3-4-6-13(12)10-17/h3-6,11,14H,7-10,16H2,1-2H3. The lowest BCUT2D eigenvalue weighted by Crippen LogP contribution is -2.43. The first-order valence-corrected chi connectivity index (χ1v) is 6.69. The molecule has 0 bridgehead atoms. The molecule has 0 aliphatic carbocycles. The monoisotopic (exact) mass is 246 g/mol. The largest absolute Gasteiger partial charge is 0.338 e. The van der Waals surface area contributed by atoms with Crippen molar-refractivity contribution in [3.8, 4) is 0 Å². The molecule has 3 heteroatoms. The Bertz CT molecular complexity index is 428. The molecule has 2 rings (SSSR count). The van der Waals surface area contributed by atoms with Crippen LogP contribution in [0.3, 0.4) is 0 Å². The fourth-order valence-corrected chi connectivity index (χ4v) is 2.58. The van der Waals surface area contributed by atoms with E-state index in [1.165, 1.54) is 11.1 Å². The molecule has 1 aromatic rings. The molecule has 1 amide bonds. The summed E-state index contributed by atoms with van der Waals surface area (Å²) >= 11 is 0. The Balaban J connectivity index is 2.11. The van der Waals surface area contributed by atoms with Gasteiger partial charge in [-0.05, 0) is 23.5 Å². The Morgan fingerprint density at radius 3 is 2.61 bits per heavy atom. The first kappa shape index (κ1) is 13.1. The maximum Gasteiger partial charge on any atom is 0.227 e. The molecule has 0 aromatic heterocycles. The van der Waals surface area contributed by atoms with Crippen molar-refractivity contribution in [3.63, 3.8) is 0 Å². The second-order valence-electron chi connectivity index (χ2n) is 5.36. The molecule has 2 N–H and O–H groups in total. The van der Waals surface area contributed by atoms with Gasteiger partial charge in [0, 0.05) is 19.6 Å². The number of hydrogen-bond donors (Lipinski definition) is 1. The molecule has 1 aromatic carbocycles. The summed E-state index contributed by atoms with van der Waals surface area (Å²) in [5, 5.41) is 0. The molecule has 0 fully saturated rings. The summed E-state index contributed by atoms with van der Waals surface area (Å²) in [7, 11) is 0. The SMILES string of the molecule is CC(C)C(CN)C(=O)N1CCc2ccccc2C1. The average molecular weight is 246 g/mol. The lowest BCUT2D eigenvalue weighted by molar-refractivity contribution is -0.137. The molecule has 18 heavy (non-hydrogen) atoms. The molecule has 1 heterocycles. The van der Waals surface area contributed by atoms with Gasteiger partial charge >= 0.3 is 0 Å². The second kappa shape index (κ2) is 5.53. The van der Waals surface area contributed by atoms with E-state index in [0.29, 0.717) is 12.5 Å². The number of fused-ring (bicyclic) bond motifs is 1. The van der Waals surface area contributed by atoms with E-state index < -0.39 is 0 Å². The lowest BCUT2D eigenvalue weighted by Gasteiger charge is -2.32. The van der Waals surface area contributed by atoms with E-state index in [9.17, 15) is 4.79 Å². The lowest BCUT2D eigenvalue weighted by atomic mass is 9.92. The van der Waals surface area contributed by atoms with Crippen LogP contribution < -0.4 is 5.73 Å².